The number of nitrogens with zero attached hydrogens (tertiary/aromatic N) is 1. The van der Waals surface area contributed by atoms with Gasteiger partial charge in [0.25, 0.3) is 0 Å². The van der Waals surface area contributed by atoms with E-state index in [-0.39, 0.29) is 23.8 Å². The molecule has 10 heteroatoms. The Bertz CT molecular complexity index is 1260. The van der Waals surface area contributed by atoms with Crippen LogP contribution >= 0.6 is 27.5 Å². The van der Waals surface area contributed by atoms with E-state index in [1.807, 2.05) is 0 Å². The summed E-state index contributed by atoms with van der Waals surface area (Å²) >= 11 is 9.28. The van der Waals surface area contributed by atoms with Crippen LogP contribution in [0.5, 0.6) is 0 Å². The van der Waals surface area contributed by atoms with Crippen molar-refractivity contribution >= 4 is 55.1 Å². The third-order valence-corrected chi connectivity index (χ3v) is 7.52. The second kappa shape index (κ2) is 12.3. The first kappa shape index (κ1) is 26.9. The molecule has 35 heavy (non-hydrogen) atoms. The molecule has 0 atom stereocenters. The molecule has 0 saturated carbocycles. The van der Waals surface area contributed by atoms with Gasteiger partial charge in [0.1, 0.15) is 0 Å². The lowest BCUT2D eigenvalue weighted by Gasteiger charge is -2.22. The van der Waals surface area contributed by atoms with Gasteiger partial charge in [0.2, 0.25) is 15.9 Å². The molecule has 1 amide bonds. The van der Waals surface area contributed by atoms with Crippen LogP contribution in [0.15, 0.2) is 82.2 Å². The maximum atomic E-state index is 13.4. The zero-order valence-electron chi connectivity index (χ0n) is 18.9. The molecule has 0 aliphatic carbocycles. The summed E-state index contributed by atoms with van der Waals surface area (Å²) in [5.74, 6) is -0.835. The number of rotatable bonds is 10. The predicted molar refractivity (Wildman–Crippen MR) is 139 cm³/mol. The molecule has 0 unspecified atom stereocenters. The van der Waals surface area contributed by atoms with Crippen molar-refractivity contribution in [1.82, 2.24) is 4.31 Å². The van der Waals surface area contributed by atoms with Gasteiger partial charge in [0, 0.05) is 21.7 Å². The highest BCUT2D eigenvalue weighted by Crippen LogP contribution is 2.22. The number of amides is 1. The van der Waals surface area contributed by atoms with Crippen molar-refractivity contribution in [3.8, 4) is 0 Å². The number of ether oxygens (including phenoxy) is 1. The van der Waals surface area contributed by atoms with Crippen molar-refractivity contribution in [3.63, 3.8) is 0 Å². The minimum Gasteiger partial charge on any atom is -0.466 e. The van der Waals surface area contributed by atoms with Gasteiger partial charge in [-0.25, -0.2) is 8.42 Å². The van der Waals surface area contributed by atoms with Crippen LogP contribution in [0.1, 0.15) is 18.1 Å². The summed E-state index contributed by atoms with van der Waals surface area (Å²) in [6, 6.07) is 19.7. The average Bonchev–Trinajstić information content (AvgIpc) is 2.82. The summed E-state index contributed by atoms with van der Waals surface area (Å²) < 4.78 is 33.6. The molecule has 0 spiro atoms. The highest BCUT2D eigenvalue weighted by Gasteiger charge is 2.27. The Morgan fingerprint density at radius 3 is 2.14 bits per heavy atom. The van der Waals surface area contributed by atoms with Gasteiger partial charge >= 0.3 is 5.97 Å². The van der Waals surface area contributed by atoms with Gasteiger partial charge in [-0.3, -0.25) is 9.59 Å². The number of sulfonamides is 1. The van der Waals surface area contributed by atoms with Crippen molar-refractivity contribution in [3.05, 3.63) is 93.4 Å². The first-order chi connectivity index (χ1) is 16.7. The lowest BCUT2D eigenvalue weighted by Crippen LogP contribution is -2.37. The molecule has 0 bridgehead atoms. The van der Waals surface area contributed by atoms with E-state index in [1.54, 1.807) is 55.5 Å². The monoisotopic (exact) mass is 578 g/mol. The molecule has 0 aromatic heterocycles. The molecule has 184 valence electrons. The van der Waals surface area contributed by atoms with Crippen LogP contribution in [0.25, 0.3) is 0 Å². The number of nitrogens with one attached hydrogen (secondary N) is 1. The highest BCUT2D eigenvalue weighted by atomic mass is 79.9. The maximum Gasteiger partial charge on any atom is 0.310 e. The SMILES string of the molecule is CCOC(=O)Cc1ccc(NC(=O)CN(Cc2ccc(Br)cc2)S(=O)(=O)c2ccc(Cl)cc2)cc1. The van der Waals surface area contributed by atoms with Crippen LogP contribution in [-0.2, 0) is 37.3 Å². The second-order valence-electron chi connectivity index (χ2n) is 7.58. The number of hydrogen-bond donors (Lipinski definition) is 1. The van der Waals surface area contributed by atoms with Gasteiger partial charge in [0.05, 0.1) is 24.5 Å². The summed E-state index contributed by atoms with van der Waals surface area (Å²) in [5, 5.41) is 3.13. The minimum absolute atomic E-state index is 0.00410. The van der Waals surface area contributed by atoms with Crippen molar-refractivity contribution in [2.24, 2.45) is 0 Å². The Morgan fingerprint density at radius 2 is 1.54 bits per heavy atom. The lowest BCUT2D eigenvalue weighted by atomic mass is 10.1. The summed E-state index contributed by atoms with van der Waals surface area (Å²) in [7, 11) is -3.99. The molecular weight excluding hydrogens is 556 g/mol. The first-order valence-electron chi connectivity index (χ1n) is 10.7. The molecule has 0 saturated heterocycles. The van der Waals surface area contributed by atoms with E-state index >= 15 is 0 Å². The van der Waals surface area contributed by atoms with E-state index in [0.29, 0.717) is 17.3 Å². The third-order valence-electron chi connectivity index (χ3n) is 4.94. The van der Waals surface area contributed by atoms with Crippen molar-refractivity contribution in [1.29, 1.82) is 0 Å². The topological polar surface area (TPSA) is 92.8 Å². The van der Waals surface area contributed by atoms with Crippen LogP contribution in [0, 0.1) is 0 Å². The van der Waals surface area contributed by atoms with Crippen molar-refractivity contribution < 1.29 is 22.7 Å². The van der Waals surface area contributed by atoms with Gasteiger partial charge in [-0.1, -0.05) is 51.8 Å². The molecule has 3 rings (SSSR count). The zero-order valence-corrected chi connectivity index (χ0v) is 22.1. The zero-order chi connectivity index (χ0) is 25.4. The lowest BCUT2D eigenvalue weighted by molar-refractivity contribution is -0.142. The molecule has 0 aliphatic heterocycles. The Hall–Kier alpha value is -2.72. The molecule has 7 nitrogen and oxygen atoms in total. The van der Waals surface area contributed by atoms with Crippen molar-refractivity contribution in [2.45, 2.75) is 24.8 Å². The van der Waals surface area contributed by atoms with E-state index in [2.05, 4.69) is 21.2 Å². The van der Waals surface area contributed by atoms with Crippen LogP contribution in [0.2, 0.25) is 5.02 Å². The van der Waals surface area contributed by atoms with E-state index in [4.69, 9.17) is 16.3 Å². The fourth-order valence-electron chi connectivity index (χ4n) is 3.22. The highest BCUT2D eigenvalue weighted by molar-refractivity contribution is 9.10. The van der Waals surface area contributed by atoms with E-state index in [9.17, 15) is 18.0 Å². The van der Waals surface area contributed by atoms with Crippen molar-refractivity contribution in [2.75, 3.05) is 18.5 Å². The van der Waals surface area contributed by atoms with Gasteiger partial charge < -0.3 is 10.1 Å². The molecule has 0 heterocycles. The molecule has 3 aromatic rings. The van der Waals surface area contributed by atoms with Crippen LogP contribution in [-0.4, -0.2) is 37.8 Å². The number of benzene rings is 3. The standard InChI is InChI=1S/C25H24BrClN2O5S/c1-2-34-25(31)15-18-5-11-22(12-6-18)28-24(30)17-29(16-19-3-7-20(26)8-4-19)35(32,33)23-13-9-21(27)10-14-23/h3-14H,2,15-17H2,1H3,(H,28,30). The average molecular weight is 580 g/mol. The molecule has 0 aliphatic rings. The smallest absolute Gasteiger partial charge is 0.310 e. The van der Waals surface area contributed by atoms with Gasteiger partial charge in [-0.05, 0) is 66.6 Å². The number of carbonyl (C=O) groups excluding carboxylic acids is 2. The van der Waals surface area contributed by atoms with Crippen LogP contribution in [0.4, 0.5) is 5.69 Å². The quantitative estimate of drug-likeness (QED) is 0.340. The minimum atomic E-state index is -3.99. The number of carbonyl (C=O) groups is 2. The van der Waals surface area contributed by atoms with E-state index in [1.165, 1.54) is 24.3 Å². The fourth-order valence-corrected chi connectivity index (χ4v) is 4.99. The van der Waals surface area contributed by atoms with Gasteiger partial charge in [-0.15, -0.1) is 0 Å². The Kier molecular flexibility index (Phi) is 9.45. The van der Waals surface area contributed by atoms with Gasteiger partial charge in [0.15, 0.2) is 0 Å². The normalized spacial score (nSPS) is 11.3. The summed E-state index contributed by atoms with van der Waals surface area (Å²) in [6.45, 7) is 1.65. The predicted octanol–water partition coefficient (Wildman–Crippen LogP) is 5.04. The van der Waals surface area contributed by atoms with Gasteiger partial charge in [-0.2, -0.15) is 4.31 Å². The second-order valence-corrected chi connectivity index (χ2v) is 10.9. The molecule has 1 N–H and O–H groups in total. The molecular formula is C25H24BrClN2O5S. The van der Waals surface area contributed by atoms with Crippen LogP contribution in [0.3, 0.4) is 0 Å². The number of hydrogen-bond acceptors (Lipinski definition) is 5. The Balaban J connectivity index is 1.76. The summed E-state index contributed by atoms with van der Waals surface area (Å²) in [4.78, 5) is 24.5. The summed E-state index contributed by atoms with van der Waals surface area (Å²) in [5.41, 5.74) is 1.94. The van der Waals surface area contributed by atoms with Crippen LogP contribution < -0.4 is 5.32 Å². The molecule has 3 aromatic carbocycles. The largest absolute Gasteiger partial charge is 0.466 e. The maximum absolute atomic E-state index is 13.4. The molecule has 0 radical (unpaired) electrons. The third kappa shape index (κ3) is 7.90. The number of anilines is 1. The van der Waals surface area contributed by atoms with E-state index in [0.717, 1.165) is 19.9 Å². The Labute approximate surface area is 218 Å². The molecule has 0 fully saturated rings. The summed E-state index contributed by atoms with van der Waals surface area (Å²) in [6.07, 6.45) is 0.127. The first-order valence-corrected chi connectivity index (χ1v) is 13.3. The van der Waals surface area contributed by atoms with E-state index < -0.39 is 22.5 Å². The number of halogens is 2. The fraction of sp³-hybridized carbons (Fsp3) is 0.200. The number of esters is 1. The Morgan fingerprint density at radius 1 is 0.943 bits per heavy atom.